The summed E-state index contributed by atoms with van der Waals surface area (Å²) in [5, 5.41) is 7.69. The van der Waals surface area contributed by atoms with Crippen LogP contribution in [0.5, 0.6) is 23.0 Å². The summed E-state index contributed by atoms with van der Waals surface area (Å²) >= 11 is 0. The van der Waals surface area contributed by atoms with Gasteiger partial charge in [-0.05, 0) is 92.2 Å². The van der Waals surface area contributed by atoms with Crippen LogP contribution in [0.3, 0.4) is 0 Å². The van der Waals surface area contributed by atoms with E-state index in [4.69, 9.17) is 9.47 Å². The molecule has 9 aromatic carbocycles. The quantitative estimate of drug-likeness (QED) is 0.138. The van der Waals surface area contributed by atoms with Gasteiger partial charge in [-0.1, -0.05) is 121 Å². The Labute approximate surface area is 306 Å². The molecule has 0 atom stereocenters. The van der Waals surface area contributed by atoms with E-state index in [1.165, 1.54) is 65.9 Å². The summed E-state index contributed by atoms with van der Waals surface area (Å²) in [4.78, 5) is 2.54. The van der Waals surface area contributed by atoms with E-state index in [1.807, 2.05) is 0 Å². The molecule has 0 aromatic heterocycles. The van der Waals surface area contributed by atoms with Gasteiger partial charge in [-0.3, -0.25) is 0 Å². The van der Waals surface area contributed by atoms with E-state index in [9.17, 15) is 0 Å². The van der Waals surface area contributed by atoms with Crippen LogP contribution in [0.2, 0.25) is 0 Å². The molecule has 53 heavy (non-hydrogen) atoms. The molecule has 0 saturated carbocycles. The van der Waals surface area contributed by atoms with E-state index >= 15 is 0 Å². The highest BCUT2D eigenvalue weighted by molar-refractivity contribution is 7.01. The molecule has 4 aliphatic rings. The molecule has 0 saturated heterocycles. The van der Waals surface area contributed by atoms with Gasteiger partial charge in [0, 0.05) is 38.4 Å². The van der Waals surface area contributed by atoms with Gasteiger partial charge in [-0.15, -0.1) is 0 Å². The molecule has 4 heterocycles. The van der Waals surface area contributed by atoms with Crippen molar-refractivity contribution in [2.75, 3.05) is 4.90 Å². The van der Waals surface area contributed by atoms with Gasteiger partial charge in [0.25, 0.3) is 6.71 Å². The zero-order chi connectivity index (χ0) is 34.5. The predicted molar refractivity (Wildman–Crippen MR) is 219 cm³/mol. The molecular weight excluding hydrogens is 645 g/mol. The number of aryl methyl sites for hydroxylation is 1. The van der Waals surface area contributed by atoms with E-state index in [2.05, 4.69) is 163 Å². The Bertz CT molecular complexity index is 3120. The van der Waals surface area contributed by atoms with Crippen molar-refractivity contribution < 1.29 is 9.47 Å². The second-order valence-corrected chi connectivity index (χ2v) is 14.8. The molecule has 3 nitrogen and oxygen atoms in total. The molecule has 4 aliphatic heterocycles. The average Bonchev–Trinajstić information content (AvgIpc) is 3.21. The Kier molecular flexibility index (Phi) is 5.13. The Morgan fingerprint density at radius 1 is 0.472 bits per heavy atom. The minimum absolute atomic E-state index is 0.0874. The third-order valence-electron chi connectivity index (χ3n) is 12.1. The second-order valence-electron chi connectivity index (χ2n) is 14.8. The first-order valence-electron chi connectivity index (χ1n) is 18.4. The van der Waals surface area contributed by atoms with Crippen LogP contribution >= 0.6 is 0 Å². The van der Waals surface area contributed by atoms with Crippen molar-refractivity contribution in [3.8, 4) is 56.4 Å². The Morgan fingerprint density at radius 3 is 1.85 bits per heavy atom. The fourth-order valence-electron chi connectivity index (χ4n) is 9.92. The topological polar surface area (TPSA) is 21.7 Å². The Morgan fingerprint density at radius 2 is 1.11 bits per heavy atom. The number of rotatable bonds is 3. The smallest absolute Gasteiger partial charge is 0.266 e. The maximum Gasteiger partial charge on any atom is 0.266 e. The fourth-order valence-corrected chi connectivity index (χ4v) is 9.92. The summed E-state index contributed by atoms with van der Waals surface area (Å²) in [6, 6.07) is 55.0. The molecule has 4 heteroatoms. The van der Waals surface area contributed by atoms with Crippen LogP contribution in [0.1, 0.15) is 5.56 Å². The number of ether oxygens (including phenoxy) is 2. The third kappa shape index (κ3) is 3.42. The molecule has 0 unspecified atom stereocenters. The number of nitrogens with zero attached hydrogens (tertiary/aromatic N) is 1. The fraction of sp³-hybridized carbons (Fsp3) is 0.0204. The highest BCUT2D eigenvalue weighted by atomic mass is 16.5. The van der Waals surface area contributed by atoms with Crippen molar-refractivity contribution >= 4 is 72.5 Å². The monoisotopic (exact) mass is 673 g/mol. The molecule has 0 amide bonds. The molecule has 9 aromatic rings. The molecule has 0 fully saturated rings. The summed E-state index contributed by atoms with van der Waals surface area (Å²) in [7, 11) is 0. The molecule has 244 valence electrons. The highest BCUT2D eigenvalue weighted by Crippen LogP contribution is 2.58. The van der Waals surface area contributed by atoms with Crippen LogP contribution in [-0.4, -0.2) is 6.71 Å². The summed E-state index contributed by atoms with van der Waals surface area (Å²) < 4.78 is 14.6. The van der Waals surface area contributed by atoms with Crippen LogP contribution in [0.4, 0.5) is 17.1 Å². The lowest BCUT2D eigenvalue weighted by molar-refractivity contribution is 0.466. The standard InChI is InChI=1S/C49H28BNO2/c1-27-17-23-36-42-33(27)20-18-31-19-21-35-40(30-15-9-4-10-16-30)49-46-47(43(35)41(31)42)51(36)37-24-22-34(29-13-7-3-8-14-29)48-44(37)50(46)45-38(52-48)25-32(26-39(45)53-49)28-11-5-2-6-12-28/h2-26H,1H3. The first-order chi connectivity index (χ1) is 26.2. The lowest BCUT2D eigenvalue weighted by Crippen LogP contribution is -2.62. The third-order valence-corrected chi connectivity index (χ3v) is 12.1. The molecule has 0 spiro atoms. The molecular formula is C49H28BNO2. The molecule has 0 radical (unpaired) electrons. The lowest BCUT2D eigenvalue weighted by atomic mass is 9.32. The van der Waals surface area contributed by atoms with Gasteiger partial charge >= 0.3 is 0 Å². The van der Waals surface area contributed by atoms with Gasteiger partial charge in [0.05, 0.1) is 11.4 Å². The minimum Gasteiger partial charge on any atom is -0.458 e. The van der Waals surface area contributed by atoms with E-state index in [1.54, 1.807) is 0 Å². The average molecular weight is 674 g/mol. The maximum absolute atomic E-state index is 7.39. The number of hydrogen-bond donors (Lipinski definition) is 0. The van der Waals surface area contributed by atoms with Crippen molar-refractivity contribution in [2.45, 2.75) is 6.92 Å². The molecule has 13 rings (SSSR count). The van der Waals surface area contributed by atoms with Gasteiger partial charge in [0.1, 0.15) is 23.0 Å². The first kappa shape index (κ1) is 27.9. The molecule has 0 N–H and O–H groups in total. The maximum atomic E-state index is 7.39. The van der Waals surface area contributed by atoms with Crippen molar-refractivity contribution in [2.24, 2.45) is 0 Å². The van der Waals surface area contributed by atoms with Crippen LogP contribution in [0.25, 0.3) is 65.7 Å². The van der Waals surface area contributed by atoms with Gasteiger partial charge in [-0.25, -0.2) is 0 Å². The summed E-state index contributed by atoms with van der Waals surface area (Å²) in [5.41, 5.74) is 15.1. The number of hydrogen-bond acceptors (Lipinski definition) is 3. The Hall–Kier alpha value is -6.78. The SMILES string of the molecule is Cc1ccc2c3c1ccc1ccc4c(-c5ccccc5)c5c6c(c4c13)N2c1ccc(-c2ccccc2)c2c1B6c1c(cc(-c3ccccc3)cc1O5)O2. The van der Waals surface area contributed by atoms with Crippen LogP contribution in [-0.2, 0) is 0 Å². The number of fused-ring (bicyclic) bond motifs is 2. The van der Waals surface area contributed by atoms with E-state index in [-0.39, 0.29) is 6.71 Å². The normalized spacial score (nSPS) is 13.6. The second kappa shape index (κ2) is 9.75. The Balaban J connectivity index is 1.26. The summed E-state index contributed by atoms with van der Waals surface area (Å²) in [6.45, 7) is 2.14. The predicted octanol–water partition coefficient (Wildman–Crippen LogP) is 11.3. The van der Waals surface area contributed by atoms with Crippen LogP contribution < -0.4 is 30.8 Å². The summed E-state index contributed by atoms with van der Waals surface area (Å²) in [6.07, 6.45) is 0. The van der Waals surface area contributed by atoms with Crippen molar-refractivity contribution in [1.82, 2.24) is 0 Å². The van der Waals surface area contributed by atoms with E-state index in [0.717, 1.165) is 61.8 Å². The molecule has 0 aliphatic carbocycles. The van der Waals surface area contributed by atoms with E-state index in [0.29, 0.717) is 0 Å². The van der Waals surface area contributed by atoms with Crippen LogP contribution in [0, 0.1) is 6.92 Å². The number of anilines is 3. The minimum atomic E-state index is -0.0874. The zero-order valence-corrected chi connectivity index (χ0v) is 28.8. The van der Waals surface area contributed by atoms with Crippen molar-refractivity contribution in [3.05, 3.63) is 157 Å². The summed E-state index contributed by atoms with van der Waals surface area (Å²) in [5.74, 6) is 3.56. The van der Waals surface area contributed by atoms with E-state index < -0.39 is 0 Å². The number of benzene rings is 9. The van der Waals surface area contributed by atoms with Gasteiger partial charge < -0.3 is 14.4 Å². The highest BCUT2D eigenvalue weighted by Gasteiger charge is 2.51. The van der Waals surface area contributed by atoms with Gasteiger partial charge in [0.2, 0.25) is 0 Å². The largest absolute Gasteiger partial charge is 0.458 e. The molecule has 0 bridgehead atoms. The zero-order valence-electron chi connectivity index (χ0n) is 28.8. The van der Waals surface area contributed by atoms with Crippen molar-refractivity contribution in [1.29, 1.82) is 0 Å². The van der Waals surface area contributed by atoms with Gasteiger partial charge in [0.15, 0.2) is 0 Å². The first-order valence-corrected chi connectivity index (χ1v) is 18.4. The lowest BCUT2D eigenvalue weighted by Gasteiger charge is -2.46. The van der Waals surface area contributed by atoms with Gasteiger partial charge in [-0.2, -0.15) is 0 Å². The van der Waals surface area contributed by atoms with Crippen LogP contribution in [0.15, 0.2) is 152 Å². The van der Waals surface area contributed by atoms with Crippen molar-refractivity contribution in [3.63, 3.8) is 0 Å².